The molecule has 1 aromatic heterocycles. The Kier molecular flexibility index (Phi) is 23.9. The van der Waals surface area contributed by atoms with E-state index in [4.69, 9.17) is 14.5 Å². The van der Waals surface area contributed by atoms with Gasteiger partial charge in [0.05, 0.1) is 17.6 Å². The zero-order valence-corrected chi connectivity index (χ0v) is 40.9. The lowest BCUT2D eigenvalue weighted by Gasteiger charge is -2.39. The second-order valence-corrected chi connectivity index (χ2v) is 20.7. The summed E-state index contributed by atoms with van der Waals surface area (Å²) in [6, 6.07) is 5.90. The average molecular weight is 920 g/mol. The van der Waals surface area contributed by atoms with Gasteiger partial charge in [0.25, 0.3) is 5.91 Å². The number of hydrogen-bond donors (Lipinski definition) is 3. The molecule has 0 radical (unpaired) electrons. The van der Waals surface area contributed by atoms with Crippen molar-refractivity contribution in [2.75, 3.05) is 52.1 Å². The number of aromatic nitrogens is 1. The summed E-state index contributed by atoms with van der Waals surface area (Å²) >= 11 is 1.40. The number of piperidine rings is 1. The van der Waals surface area contributed by atoms with E-state index in [2.05, 4.69) is 50.2 Å². The van der Waals surface area contributed by atoms with Gasteiger partial charge in [-0.15, -0.1) is 11.3 Å². The molecule has 1 fully saturated rings. The lowest BCUT2D eigenvalue weighted by Crippen LogP contribution is -2.50. The number of ether oxygens (including phenoxy) is 2. The van der Waals surface area contributed by atoms with Crippen LogP contribution in [0.15, 0.2) is 29.6 Å². The number of amides is 3. The molecule has 1 aliphatic rings. The molecule has 348 valence electrons. The second kappa shape index (κ2) is 27.9. The normalized spacial score (nSPS) is 17.4. The van der Waals surface area contributed by atoms with Gasteiger partial charge in [0.1, 0.15) is 24.8 Å². The molecule has 1 saturated heterocycles. The Balaban J connectivity index is 1.77. The maximum atomic E-state index is 14.7. The monoisotopic (exact) mass is 919 g/mol. The van der Waals surface area contributed by atoms with Crippen molar-refractivity contribution in [3.05, 3.63) is 45.9 Å². The SMILES string of the molecule is CCCOCN(C(=O)[C@@H](CC(=O)[C@H]1CCCCN1C)C(C)CC)[C@H](C[C@@H](C)c1nc(C(=O)N[C@@H](Cc2ccc(O)cc2)C[C@H](C)C(=O)CNC(=O)OCCSSC)cs1)C(C)C. The van der Waals surface area contributed by atoms with E-state index in [0.29, 0.717) is 31.6 Å². The zero-order chi connectivity index (χ0) is 45.8. The number of likely N-dealkylation sites (N-methyl/N-ethyl adjacent to an activating group) is 1. The Morgan fingerprint density at radius 1 is 1.03 bits per heavy atom. The number of Topliss-reactive ketones (excluding diaryl/α,β-unsaturated/α-hetero) is 2. The minimum atomic E-state index is -0.650. The lowest BCUT2D eigenvalue weighted by atomic mass is 9.82. The number of likely N-dealkylation sites (tertiary alicyclic amines) is 1. The van der Waals surface area contributed by atoms with Crippen LogP contribution in [0, 0.1) is 23.7 Å². The van der Waals surface area contributed by atoms with Gasteiger partial charge in [-0.2, -0.15) is 0 Å². The van der Waals surface area contributed by atoms with Crippen LogP contribution in [-0.4, -0.2) is 120 Å². The number of carbonyl (C=O) groups is 5. The molecule has 0 saturated carbocycles. The molecule has 3 N–H and O–H groups in total. The van der Waals surface area contributed by atoms with E-state index in [-0.39, 0.29) is 91.0 Å². The fourth-order valence-corrected chi connectivity index (χ4v) is 9.79. The highest BCUT2D eigenvalue weighted by Crippen LogP contribution is 2.33. The molecule has 7 atom stereocenters. The molecule has 1 aliphatic heterocycles. The van der Waals surface area contributed by atoms with Gasteiger partial charge in [-0.05, 0) is 87.9 Å². The highest BCUT2D eigenvalue weighted by Gasteiger charge is 2.38. The highest BCUT2D eigenvalue weighted by molar-refractivity contribution is 8.76. The number of benzene rings is 1. The molecule has 3 rings (SSSR count). The van der Waals surface area contributed by atoms with Crippen LogP contribution in [0.25, 0.3) is 0 Å². The molecule has 0 aliphatic carbocycles. The van der Waals surface area contributed by atoms with Gasteiger partial charge in [0.15, 0.2) is 11.6 Å². The van der Waals surface area contributed by atoms with E-state index in [9.17, 15) is 29.1 Å². The molecular formula is C46H73N5O8S3. The molecular weight excluding hydrogens is 847 g/mol. The molecule has 3 amide bonds. The number of thiazole rings is 1. The summed E-state index contributed by atoms with van der Waals surface area (Å²) in [7, 11) is 5.16. The minimum absolute atomic E-state index is 0.0116. The van der Waals surface area contributed by atoms with Crippen molar-refractivity contribution < 1.29 is 38.6 Å². The molecule has 2 heterocycles. The number of carbonyl (C=O) groups excluding carboxylic acids is 5. The number of nitrogens with one attached hydrogen (secondary N) is 2. The van der Waals surface area contributed by atoms with Gasteiger partial charge in [0.2, 0.25) is 5.91 Å². The minimum Gasteiger partial charge on any atom is -0.508 e. The maximum absolute atomic E-state index is 14.7. The number of rotatable bonds is 28. The first-order chi connectivity index (χ1) is 29.6. The van der Waals surface area contributed by atoms with E-state index >= 15 is 0 Å². The summed E-state index contributed by atoms with van der Waals surface area (Å²) in [6.07, 6.45) is 7.31. The number of phenolic OH excluding ortho intramolecular Hbond substituents is 1. The number of nitrogens with zero attached hydrogens (tertiary/aromatic N) is 3. The molecule has 16 heteroatoms. The quantitative estimate of drug-likeness (QED) is 0.0425. The summed E-state index contributed by atoms with van der Waals surface area (Å²) in [5.74, 6) is -0.683. The van der Waals surface area contributed by atoms with E-state index in [1.165, 1.54) is 11.3 Å². The molecule has 1 aromatic carbocycles. The van der Waals surface area contributed by atoms with E-state index in [1.807, 2.05) is 25.1 Å². The van der Waals surface area contributed by atoms with Gasteiger partial charge in [-0.1, -0.05) is 95.0 Å². The lowest BCUT2D eigenvalue weighted by molar-refractivity contribution is -0.150. The topological polar surface area (TPSA) is 167 Å². The second-order valence-electron chi connectivity index (χ2n) is 17.1. The Bertz CT molecular complexity index is 1690. The third-order valence-electron chi connectivity index (χ3n) is 11.9. The van der Waals surface area contributed by atoms with Crippen LogP contribution in [0.2, 0.25) is 0 Å². The Hall–Kier alpha value is -3.18. The first kappa shape index (κ1) is 53.2. The van der Waals surface area contributed by atoms with Crippen molar-refractivity contribution in [1.82, 2.24) is 25.4 Å². The molecule has 0 bridgehead atoms. The highest BCUT2D eigenvalue weighted by atomic mass is 33.1. The van der Waals surface area contributed by atoms with Gasteiger partial charge in [-0.3, -0.25) is 24.1 Å². The maximum Gasteiger partial charge on any atom is 0.407 e. The number of aromatic hydroxyl groups is 1. The summed E-state index contributed by atoms with van der Waals surface area (Å²) in [6.45, 7) is 15.8. The third kappa shape index (κ3) is 17.4. The first-order valence-corrected chi connectivity index (χ1v) is 25.9. The third-order valence-corrected chi connectivity index (χ3v) is 14.7. The van der Waals surface area contributed by atoms with Gasteiger partial charge in [0, 0.05) is 54.0 Å². The van der Waals surface area contributed by atoms with Crippen LogP contribution < -0.4 is 10.6 Å². The summed E-state index contributed by atoms with van der Waals surface area (Å²) in [4.78, 5) is 76.4. The molecule has 2 aromatic rings. The van der Waals surface area contributed by atoms with Crippen molar-refractivity contribution >= 4 is 62.4 Å². The van der Waals surface area contributed by atoms with Crippen LogP contribution in [0.1, 0.15) is 127 Å². The van der Waals surface area contributed by atoms with Gasteiger partial charge < -0.3 is 30.1 Å². The average Bonchev–Trinajstić information content (AvgIpc) is 3.76. The number of hydrogen-bond acceptors (Lipinski definition) is 13. The van der Waals surface area contributed by atoms with Crippen molar-refractivity contribution in [3.8, 4) is 5.75 Å². The fraction of sp³-hybridized carbons (Fsp3) is 0.696. The van der Waals surface area contributed by atoms with E-state index in [0.717, 1.165) is 49.2 Å². The molecule has 13 nitrogen and oxygen atoms in total. The predicted octanol–water partition coefficient (Wildman–Crippen LogP) is 8.36. The van der Waals surface area contributed by atoms with Crippen molar-refractivity contribution in [2.24, 2.45) is 23.7 Å². The summed E-state index contributed by atoms with van der Waals surface area (Å²) in [5.41, 5.74) is 1.13. The smallest absolute Gasteiger partial charge is 0.407 e. The van der Waals surface area contributed by atoms with E-state index in [1.54, 1.807) is 58.2 Å². The standard InChI is InChI=1S/C46H73N5O8S3/c1-10-20-58-29-51(45(56)37(31(5)11-2)26-41(53)39-14-12-13-19-50(39)8)40(30(3)4)24-33(7)44-49-38(28-61-44)43(55)48-35(25-34-15-17-36(52)18-16-34)23-32(6)42(54)27-47-46(57)59-21-22-62-60-9/h15-18,28,30-33,35,37,39-40,52H,10-14,19-27,29H2,1-9H3,(H,47,57)(H,48,55)/t31?,32-,33+,35+,37-,39+,40+/m0/s1. The summed E-state index contributed by atoms with van der Waals surface area (Å²) < 4.78 is 11.2. The fourth-order valence-electron chi connectivity index (χ4n) is 7.90. The van der Waals surface area contributed by atoms with Crippen molar-refractivity contribution in [1.29, 1.82) is 0 Å². The molecule has 1 unspecified atom stereocenters. The Labute approximate surface area is 382 Å². The van der Waals surface area contributed by atoms with E-state index < -0.39 is 24.0 Å². The number of alkyl carbamates (subject to hydrolysis) is 1. The summed E-state index contributed by atoms with van der Waals surface area (Å²) in [5, 5.41) is 18.0. The number of phenols is 1. The van der Waals surface area contributed by atoms with Crippen LogP contribution in [0.5, 0.6) is 5.75 Å². The Morgan fingerprint density at radius 2 is 1.76 bits per heavy atom. The predicted molar refractivity (Wildman–Crippen MR) is 252 cm³/mol. The van der Waals surface area contributed by atoms with Gasteiger partial charge >= 0.3 is 6.09 Å². The van der Waals surface area contributed by atoms with Gasteiger partial charge in [-0.25, -0.2) is 9.78 Å². The molecule has 62 heavy (non-hydrogen) atoms. The van der Waals surface area contributed by atoms with Crippen LogP contribution >= 0.6 is 32.9 Å². The zero-order valence-electron chi connectivity index (χ0n) is 38.5. The number of ketones is 2. The van der Waals surface area contributed by atoms with Crippen LogP contribution in [0.4, 0.5) is 4.79 Å². The van der Waals surface area contributed by atoms with Crippen LogP contribution in [-0.2, 0) is 30.3 Å². The van der Waals surface area contributed by atoms with Crippen LogP contribution in [0.3, 0.4) is 0 Å². The largest absolute Gasteiger partial charge is 0.508 e. The van der Waals surface area contributed by atoms with Crippen molar-refractivity contribution in [3.63, 3.8) is 0 Å². The van der Waals surface area contributed by atoms with Crippen molar-refractivity contribution in [2.45, 2.75) is 130 Å². The Morgan fingerprint density at radius 3 is 2.40 bits per heavy atom. The molecule has 0 spiro atoms. The first-order valence-electron chi connectivity index (χ1n) is 22.3.